The number of imide groups is 1. The third-order valence-electron chi connectivity index (χ3n) is 6.26. The van der Waals surface area contributed by atoms with Gasteiger partial charge in [0.05, 0.1) is 17.5 Å². The molecule has 0 radical (unpaired) electrons. The third kappa shape index (κ3) is 2.57. The van der Waals surface area contributed by atoms with Gasteiger partial charge >= 0.3 is 10.1 Å². The molecule has 1 saturated heterocycles. The van der Waals surface area contributed by atoms with E-state index in [-0.39, 0.29) is 34.3 Å². The van der Waals surface area contributed by atoms with Crippen molar-refractivity contribution in [3.8, 4) is 5.75 Å². The third-order valence-corrected chi connectivity index (χ3v) is 7.52. The lowest BCUT2D eigenvalue weighted by Gasteiger charge is -2.19. The van der Waals surface area contributed by atoms with Crippen molar-refractivity contribution in [1.29, 1.82) is 0 Å². The highest BCUT2D eigenvalue weighted by atomic mass is 32.2. The predicted molar refractivity (Wildman–Crippen MR) is 101 cm³/mol. The average molecular weight is 397 g/mol. The lowest BCUT2D eigenvalue weighted by atomic mass is 9.81. The second kappa shape index (κ2) is 6.17. The van der Waals surface area contributed by atoms with Gasteiger partial charge in [0.2, 0.25) is 11.8 Å². The van der Waals surface area contributed by atoms with Crippen LogP contribution in [0.15, 0.2) is 59.5 Å². The molecular weight excluding hydrogens is 378 g/mol. The van der Waals surface area contributed by atoms with Crippen LogP contribution in [-0.2, 0) is 19.7 Å². The van der Waals surface area contributed by atoms with E-state index in [0.717, 1.165) is 19.3 Å². The summed E-state index contributed by atoms with van der Waals surface area (Å²) >= 11 is 0. The topological polar surface area (TPSA) is 80.8 Å². The summed E-state index contributed by atoms with van der Waals surface area (Å²) in [5.41, 5.74) is 0.466. The summed E-state index contributed by atoms with van der Waals surface area (Å²) in [4.78, 5) is 27.1. The molecule has 144 valence electrons. The molecule has 0 spiro atoms. The summed E-state index contributed by atoms with van der Waals surface area (Å²) in [6, 6.07) is 13.9. The molecule has 0 N–H and O–H groups in total. The standard InChI is InChI=1S/C21H19NO5S/c23-20-18-13-6-7-14(12-13)19(18)21(24)22(20)15-8-10-16(11-9-15)27-28(25,26)17-4-2-1-3-5-17/h1-5,8-11,13-14,18-19H,6-7,12H2/t13-,14+,18-,19+. The number of amides is 2. The van der Waals surface area contributed by atoms with E-state index in [1.807, 2.05) is 0 Å². The van der Waals surface area contributed by atoms with Crippen LogP contribution in [0.2, 0.25) is 0 Å². The van der Waals surface area contributed by atoms with E-state index in [2.05, 4.69) is 0 Å². The molecule has 2 bridgehead atoms. The van der Waals surface area contributed by atoms with Crippen molar-refractivity contribution in [1.82, 2.24) is 0 Å². The van der Waals surface area contributed by atoms with Crippen LogP contribution in [0.1, 0.15) is 19.3 Å². The minimum absolute atomic E-state index is 0.0623. The Morgan fingerprint density at radius 1 is 0.821 bits per heavy atom. The molecule has 5 rings (SSSR count). The maximum atomic E-state index is 12.9. The van der Waals surface area contributed by atoms with Crippen LogP contribution in [-0.4, -0.2) is 20.2 Å². The number of benzene rings is 2. The lowest BCUT2D eigenvalue weighted by Crippen LogP contribution is -2.32. The van der Waals surface area contributed by atoms with Crippen molar-refractivity contribution in [2.45, 2.75) is 24.2 Å². The maximum Gasteiger partial charge on any atom is 0.339 e. The highest BCUT2D eigenvalue weighted by Crippen LogP contribution is 2.56. The fourth-order valence-electron chi connectivity index (χ4n) is 5.08. The molecule has 2 aromatic rings. The van der Waals surface area contributed by atoms with E-state index < -0.39 is 10.1 Å². The maximum absolute atomic E-state index is 12.9. The molecular formula is C21H19NO5S. The monoisotopic (exact) mass is 397 g/mol. The van der Waals surface area contributed by atoms with Crippen molar-refractivity contribution in [3.63, 3.8) is 0 Å². The Labute approximate surface area is 163 Å². The average Bonchev–Trinajstić information content (AvgIpc) is 3.37. The molecule has 2 amide bonds. The Morgan fingerprint density at radius 3 is 1.96 bits per heavy atom. The van der Waals surface area contributed by atoms with Crippen LogP contribution in [0, 0.1) is 23.7 Å². The fraction of sp³-hybridized carbons (Fsp3) is 0.333. The number of anilines is 1. The Hall–Kier alpha value is -2.67. The van der Waals surface area contributed by atoms with Gasteiger partial charge in [0.15, 0.2) is 0 Å². The van der Waals surface area contributed by atoms with E-state index in [1.165, 1.54) is 29.2 Å². The van der Waals surface area contributed by atoms with Gasteiger partial charge in [-0.05, 0) is 67.5 Å². The van der Waals surface area contributed by atoms with Gasteiger partial charge in [-0.2, -0.15) is 8.42 Å². The van der Waals surface area contributed by atoms with Crippen LogP contribution in [0.4, 0.5) is 5.69 Å². The fourth-order valence-corrected chi connectivity index (χ4v) is 6.03. The zero-order valence-corrected chi connectivity index (χ0v) is 15.8. The second-order valence-corrected chi connectivity index (χ2v) is 9.29. The van der Waals surface area contributed by atoms with Gasteiger partial charge in [-0.3, -0.25) is 14.5 Å². The van der Waals surface area contributed by atoms with E-state index in [9.17, 15) is 18.0 Å². The van der Waals surface area contributed by atoms with Crippen molar-refractivity contribution in [3.05, 3.63) is 54.6 Å². The van der Waals surface area contributed by atoms with Crippen molar-refractivity contribution < 1.29 is 22.2 Å². The number of rotatable bonds is 4. The molecule has 1 heterocycles. The van der Waals surface area contributed by atoms with Crippen molar-refractivity contribution >= 4 is 27.6 Å². The first-order valence-corrected chi connectivity index (χ1v) is 10.8. The molecule has 6 nitrogen and oxygen atoms in total. The molecule has 7 heteroatoms. The summed E-state index contributed by atoms with van der Waals surface area (Å²) in [5.74, 6) is 0.193. The minimum Gasteiger partial charge on any atom is -0.379 e. The molecule has 3 fully saturated rings. The molecule has 2 aliphatic carbocycles. The van der Waals surface area contributed by atoms with Crippen LogP contribution < -0.4 is 9.08 Å². The lowest BCUT2D eigenvalue weighted by molar-refractivity contribution is -0.123. The van der Waals surface area contributed by atoms with E-state index >= 15 is 0 Å². The number of hydrogen-bond acceptors (Lipinski definition) is 5. The minimum atomic E-state index is -3.93. The first kappa shape index (κ1) is 17.4. The van der Waals surface area contributed by atoms with Gasteiger partial charge in [0, 0.05) is 0 Å². The number of fused-ring (bicyclic) bond motifs is 5. The van der Waals surface area contributed by atoms with Crippen LogP contribution in [0.5, 0.6) is 5.75 Å². The Bertz CT molecular complexity index is 1020. The molecule has 1 aliphatic heterocycles. The van der Waals surface area contributed by atoms with Crippen molar-refractivity contribution in [2.75, 3.05) is 4.90 Å². The molecule has 0 aromatic heterocycles. The van der Waals surface area contributed by atoms with E-state index in [4.69, 9.17) is 4.18 Å². The highest BCUT2D eigenvalue weighted by Gasteiger charge is 2.61. The largest absolute Gasteiger partial charge is 0.379 e. The summed E-state index contributed by atoms with van der Waals surface area (Å²) in [5, 5.41) is 0. The molecule has 0 unspecified atom stereocenters. The predicted octanol–water partition coefficient (Wildman–Crippen LogP) is 2.99. The number of hydrogen-bond donors (Lipinski definition) is 0. The van der Waals surface area contributed by atoms with Gasteiger partial charge in [-0.15, -0.1) is 0 Å². The number of carbonyl (C=O) groups is 2. The smallest absolute Gasteiger partial charge is 0.339 e. The summed E-state index contributed by atoms with van der Waals surface area (Å²) < 4.78 is 29.8. The molecule has 2 aromatic carbocycles. The zero-order valence-electron chi connectivity index (χ0n) is 15.0. The van der Waals surface area contributed by atoms with Crippen LogP contribution >= 0.6 is 0 Å². The first-order valence-electron chi connectivity index (χ1n) is 9.43. The highest BCUT2D eigenvalue weighted by molar-refractivity contribution is 7.87. The SMILES string of the molecule is O=C1[C@@H]2[C@@H]3CC[C@@H](C3)[C@@H]2C(=O)N1c1ccc(OS(=O)(=O)c2ccccc2)cc1. The number of nitrogens with zero attached hydrogens (tertiary/aromatic N) is 1. The summed E-state index contributed by atoms with van der Waals surface area (Å²) in [6.07, 6.45) is 3.05. The zero-order chi connectivity index (χ0) is 19.5. The summed E-state index contributed by atoms with van der Waals surface area (Å²) in [6.45, 7) is 0. The molecule has 28 heavy (non-hydrogen) atoms. The molecule has 4 atom stereocenters. The number of carbonyl (C=O) groups excluding carboxylic acids is 2. The summed E-state index contributed by atoms with van der Waals surface area (Å²) in [7, 11) is -3.93. The Kier molecular flexibility index (Phi) is 3.84. The van der Waals surface area contributed by atoms with Gasteiger partial charge in [0.25, 0.3) is 0 Å². The van der Waals surface area contributed by atoms with Crippen LogP contribution in [0.25, 0.3) is 0 Å². The normalized spacial score (nSPS) is 28.6. The van der Waals surface area contributed by atoms with Gasteiger partial charge in [0.1, 0.15) is 10.6 Å². The Morgan fingerprint density at radius 2 is 1.39 bits per heavy atom. The van der Waals surface area contributed by atoms with E-state index in [0.29, 0.717) is 17.5 Å². The second-order valence-electron chi connectivity index (χ2n) is 7.74. The molecule has 3 aliphatic rings. The Balaban J connectivity index is 1.37. The van der Waals surface area contributed by atoms with E-state index in [1.54, 1.807) is 30.3 Å². The molecule has 2 saturated carbocycles. The van der Waals surface area contributed by atoms with Crippen LogP contribution in [0.3, 0.4) is 0 Å². The first-order chi connectivity index (χ1) is 13.5. The van der Waals surface area contributed by atoms with Crippen molar-refractivity contribution in [2.24, 2.45) is 23.7 Å². The van der Waals surface area contributed by atoms with Gasteiger partial charge in [-0.1, -0.05) is 18.2 Å². The van der Waals surface area contributed by atoms with Gasteiger partial charge < -0.3 is 4.18 Å². The quantitative estimate of drug-likeness (QED) is 0.585. The van der Waals surface area contributed by atoms with Gasteiger partial charge in [-0.25, -0.2) is 0 Å².